The molecule has 1 aliphatic rings. The lowest BCUT2D eigenvalue weighted by Crippen LogP contribution is -2.53. The molecule has 23 heavy (non-hydrogen) atoms. The van der Waals surface area contributed by atoms with Gasteiger partial charge in [0.15, 0.2) is 0 Å². The molecule has 0 radical (unpaired) electrons. The number of amides is 1. The first-order valence-electron chi connectivity index (χ1n) is 7.46. The van der Waals surface area contributed by atoms with Crippen molar-refractivity contribution in [1.82, 2.24) is 4.90 Å². The number of carbonyl (C=O) groups is 1. The number of halogens is 1. The van der Waals surface area contributed by atoms with E-state index in [9.17, 15) is 17.6 Å². The maximum Gasteiger partial charge on any atom is 0.246 e. The minimum Gasteiger partial charge on any atom is -0.378 e. The number of anilines is 1. The molecule has 0 bridgehead atoms. The molecule has 1 amide bonds. The molecule has 2 rings (SSSR count). The van der Waals surface area contributed by atoms with Crippen LogP contribution in [-0.2, 0) is 19.6 Å². The Morgan fingerprint density at radius 1 is 1.30 bits per heavy atom. The highest BCUT2D eigenvalue weighted by Crippen LogP contribution is 2.24. The van der Waals surface area contributed by atoms with Gasteiger partial charge in [0.1, 0.15) is 11.9 Å². The number of carbonyl (C=O) groups excluding carboxylic acids is 1. The average Bonchev–Trinajstić information content (AvgIpc) is 2.53. The summed E-state index contributed by atoms with van der Waals surface area (Å²) >= 11 is 0. The van der Waals surface area contributed by atoms with E-state index in [2.05, 4.69) is 0 Å². The van der Waals surface area contributed by atoms with Gasteiger partial charge in [0.25, 0.3) is 0 Å². The van der Waals surface area contributed by atoms with Gasteiger partial charge in [-0.3, -0.25) is 9.10 Å². The highest BCUT2D eigenvalue weighted by atomic mass is 32.2. The van der Waals surface area contributed by atoms with Crippen LogP contribution in [0.1, 0.15) is 13.3 Å². The van der Waals surface area contributed by atoms with Gasteiger partial charge in [-0.25, -0.2) is 12.8 Å². The molecular formula is C15H21FN2O4S. The van der Waals surface area contributed by atoms with Crippen molar-refractivity contribution in [3.8, 4) is 0 Å². The van der Waals surface area contributed by atoms with E-state index in [0.717, 1.165) is 10.6 Å². The molecule has 0 aliphatic carbocycles. The third kappa shape index (κ3) is 4.20. The van der Waals surface area contributed by atoms with Crippen molar-refractivity contribution in [2.24, 2.45) is 0 Å². The van der Waals surface area contributed by atoms with E-state index in [4.69, 9.17) is 4.74 Å². The van der Waals surface area contributed by atoms with Crippen molar-refractivity contribution in [3.05, 3.63) is 30.1 Å². The van der Waals surface area contributed by atoms with Crippen LogP contribution >= 0.6 is 0 Å². The minimum atomic E-state index is -3.69. The Morgan fingerprint density at radius 3 is 2.35 bits per heavy atom. The molecule has 0 spiro atoms. The molecule has 0 saturated carbocycles. The first-order valence-corrected chi connectivity index (χ1v) is 9.31. The van der Waals surface area contributed by atoms with Crippen LogP contribution in [0, 0.1) is 5.82 Å². The zero-order valence-electron chi connectivity index (χ0n) is 13.2. The van der Waals surface area contributed by atoms with Gasteiger partial charge in [0.05, 0.1) is 25.2 Å². The van der Waals surface area contributed by atoms with Gasteiger partial charge in [-0.1, -0.05) is 6.92 Å². The van der Waals surface area contributed by atoms with Crippen LogP contribution in [0.25, 0.3) is 0 Å². The number of benzene rings is 1. The van der Waals surface area contributed by atoms with Crippen molar-refractivity contribution in [3.63, 3.8) is 0 Å². The summed E-state index contributed by atoms with van der Waals surface area (Å²) in [5.74, 6) is -0.722. The van der Waals surface area contributed by atoms with Crippen molar-refractivity contribution < 1.29 is 22.3 Å². The van der Waals surface area contributed by atoms with E-state index in [1.54, 1.807) is 11.8 Å². The summed E-state index contributed by atoms with van der Waals surface area (Å²) in [6.07, 6.45) is 1.37. The van der Waals surface area contributed by atoms with E-state index in [1.807, 2.05) is 0 Å². The number of nitrogens with zero attached hydrogens (tertiary/aromatic N) is 2. The zero-order valence-corrected chi connectivity index (χ0v) is 14.1. The molecule has 0 aromatic heterocycles. The Kier molecular flexibility index (Phi) is 5.59. The average molecular weight is 344 g/mol. The molecular weight excluding hydrogens is 323 g/mol. The maximum absolute atomic E-state index is 13.1. The van der Waals surface area contributed by atoms with Crippen molar-refractivity contribution in [2.75, 3.05) is 36.9 Å². The third-order valence-electron chi connectivity index (χ3n) is 3.72. The Hall–Kier alpha value is -1.67. The maximum atomic E-state index is 13.1. The highest BCUT2D eigenvalue weighted by Gasteiger charge is 2.34. The second-order valence-corrected chi connectivity index (χ2v) is 7.26. The SMILES string of the molecule is CC[C@@H](C(=O)N1CCOCC1)N(c1ccc(F)cc1)S(C)(=O)=O. The van der Waals surface area contributed by atoms with Crippen LogP contribution < -0.4 is 4.31 Å². The molecule has 1 heterocycles. The van der Waals surface area contributed by atoms with E-state index in [1.165, 1.54) is 24.3 Å². The van der Waals surface area contributed by atoms with Gasteiger partial charge in [0.2, 0.25) is 15.9 Å². The topological polar surface area (TPSA) is 66.9 Å². The Balaban J connectivity index is 2.35. The molecule has 1 aromatic carbocycles. The summed E-state index contributed by atoms with van der Waals surface area (Å²) in [6.45, 7) is 3.52. The highest BCUT2D eigenvalue weighted by molar-refractivity contribution is 7.92. The van der Waals surface area contributed by atoms with E-state index >= 15 is 0 Å². The van der Waals surface area contributed by atoms with Crippen molar-refractivity contribution in [1.29, 1.82) is 0 Å². The lowest BCUT2D eigenvalue weighted by atomic mass is 10.1. The van der Waals surface area contributed by atoms with E-state index < -0.39 is 21.9 Å². The summed E-state index contributed by atoms with van der Waals surface area (Å²) in [4.78, 5) is 14.4. The third-order valence-corrected chi connectivity index (χ3v) is 4.90. The fourth-order valence-electron chi connectivity index (χ4n) is 2.63. The number of hydrogen-bond donors (Lipinski definition) is 0. The summed E-state index contributed by atoms with van der Waals surface area (Å²) in [5.41, 5.74) is 0.280. The largest absolute Gasteiger partial charge is 0.378 e. The quantitative estimate of drug-likeness (QED) is 0.806. The Morgan fingerprint density at radius 2 is 1.87 bits per heavy atom. The van der Waals surface area contributed by atoms with Crippen molar-refractivity contribution in [2.45, 2.75) is 19.4 Å². The molecule has 8 heteroatoms. The predicted octanol–water partition coefficient (Wildman–Crippen LogP) is 1.23. The van der Waals surface area contributed by atoms with E-state index in [0.29, 0.717) is 32.7 Å². The molecule has 0 unspecified atom stereocenters. The molecule has 128 valence electrons. The lowest BCUT2D eigenvalue weighted by Gasteiger charge is -2.35. The summed E-state index contributed by atoms with van der Waals surface area (Å²) in [5, 5.41) is 0. The molecule has 1 aliphatic heterocycles. The molecule has 1 saturated heterocycles. The molecule has 1 atom stereocenters. The number of rotatable bonds is 5. The fraction of sp³-hybridized carbons (Fsp3) is 0.533. The Labute approximate surface area is 135 Å². The smallest absolute Gasteiger partial charge is 0.246 e. The predicted molar refractivity (Wildman–Crippen MR) is 85.2 cm³/mol. The molecule has 0 N–H and O–H groups in total. The lowest BCUT2D eigenvalue weighted by molar-refractivity contribution is -0.136. The summed E-state index contributed by atoms with van der Waals surface area (Å²) < 4.78 is 43.9. The normalized spacial score (nSPS) is 16.9. The number of morpholine rings is 1. The van der Waals surface area contributed by atoms with Crippen LogP contribution in [0.2, 0.25) is 0 Å². The fourth-order valence-corrected chi connectivity index (χ4v) is 3.83. The molecule has 1 fully saturated rings. The van der Waals surface area contributed by atoms with Gasteiger partial charge in [0, 0.05) is 13.1 Å². The number of ether oxygens (including phenoxy) is 1. The number of hydrogen-bond acceptors (Lipinski definition) is 4. The summed E-state index contributed by atoms with van der Waals surface area (Å²) in [7, 11) is -3.69. The monoisotopic (exact) mass is 344 g/mol. The first-order chi connectivity index (χ1) is 10.8. The summed E-state index contributed by atoms with van der Waals surface area (Å²) in [6, 6.07) is 4.24. The van der Waals surface area contributed by atoms with Crippen LogP contribution in [0.15, 0.2) is 24.3 Å². The van der Waals surface area contributed by atoms with Gasteiger partial charge in [-0.15, -0.1) is 0 Å². The second-order valence-electron chi connectivity index (χ2n) is 5.40. The molecule has 1 aromatic rings. The Bertz CT molecular complexity index is 642. The van der Waals surface area contributed by atoms with Gasteiger partial charge in [-0.2, -0.15) is 0 Å². The minimum absolute atomic E-state index is 0.259. The van der Waals surface area contributed by atoms with Gasteiger partial charge >= 0.3 is 0 Å². The van der Waals surface area contributed by atoms with E-state index in [-0.39, 0.29) is 11.6 Å². The van der Waals surface area contributed by atoms with Crippen molar-refractivity contribution >= 4 is 21.6 Å². The van der Waals surface area contributed by atoms with Crippen LogP contribution in [0.5, 0.6) is 0 Å². The van der Waals surface area contributed by atoms with Gasteiger partial charge in [-0.05, 0) is 30.7 Å². The van der Waals surface area contributed by atoms with Gasteiger partial charge < -0.3 is 9.64 Å². The van der Waals surface area contributed by atoms with Crippen LogP contribution in [0.3, 0.4) is 0 Å². The second kappa shape index (κ2) is 7.27. The molecule has 6 nitrogen and oxygen atoms in total. The van der Waals surface area contributed by atoms with Crippen LogP contribution in [0.4, 0.5) is 10.1 Å². The zero-order chi connectivity index (χ0) is 17.0. The standard InChI is InChI=1S/C15H21FN2O4S/c1-3-14(15(19)17-8-10-22-11-9-17)18(23(2,20)21)13-6-4-12(16)5-7-13/h4-7,14H,3,8-11H2,1-2H3/t14-/m0/s1. The number of sulfonamides is 1. The van der Waals surface area contributed by atoms with Crippen LogP contribution in [-0.4, -0.2) is 57.8 Å². The first kappa shape index (κ1) is 17.7.